The van der Waals surface area contributed by atoms with Crippen LogP contribution in [0.3, 0.4) is 0 Å². The number of carbonyl (C=O) groups is 1. The van der Waals surface area contributed by atoms with Crippen LogP contribution in [-0.4, -0.2) is 43.6 Å². The van der Waals surface area contributed by atoms with Crippen LogP contribution in [0, 0.1) is 6.92 Å². The summed E-state index contributed by atoms with van der Waals surface area (Å²) in [6.07, 6.45) is 5.86. The van der Waals surface area contributed by atoms with Gasteiger partial charge in [0, 0.05) is 38.4 Å². The first kappa shape index (κ1) is 16.7. The Labute approximate surface area is 152 Å². The van der Waals surface area contributed by atoms with Crippen molar-refractivity contribution in [3.63, 3.8) is 0 Å². The third-order valence-corrected chi connectivity index (χ3v) is 5.08. The summed E-state index contributed by atoms with van der Waals surface area (Å²) in [6.45, 7) is 3.57. The van der Waals surface area contributed by atoms with Gasteiger partial charge in [0.15, 0.2) is 5.65 Å². The molecule has 0 bridgehead atoms. The van der Waals surface area contributed by atoms with Crippen molar-refractivity contribution in [1.29, 1.82) is 0 Å². The lowest BCUT2D eigenvalue weighted by atomic mass is 9.94. The van der Waals surface area contributed by atoms with Crippen LogP contribution < -0.4 is 0 Å². The molecule has 1 aliphatic heterocycles. The number of hydrogen-bond acceptors (Lipinski definition) is 4. The molecule has 2 aromatic heterocycles. The Kier molecular flexibility index (Phi) is 4.41. The highest BCUT2D eigenvalue weighted by atomic mass is 16.2. The molecule has 0 N–H and O–H groups in total. The number of nitrogens with zero attached hydrogens (tertiary/aromatic N) is 5. The normalized spacial score (nSPS) is 17.6. The molecule has 3 heterocycles. The molecule has 1 aromatic carbocycles. The number of carbonyl (C=O) groups excluding carboxylic acids is 1. The fraction of sp³-hybridized carbons (Fsp3) is 0.400. The van der Waals surface area contributed by atoms with Crippen LogP contribution in [-0.2, 0) is 18.3 Å². The number of likely N-dealkylation sites (tertiary alicyclic amines) is 1. The van der Waals surface area contributed by atoms with E-state index in [2.05, 4.69) is 34.1 Å². The molecule has 1 aliphatic rings. The van der Waals surface area contributed by atoms with Crippen LogP contribution >= 0.6 is 0 Å². The van der Waals surface area contributed by atoms with Crippen molar-refractivity contribution in [1.82, 2.24) is 24.6 Å². The third kappa shape index (κ3) is 3.19. The lowest BCUT2D eigenvalue weighted by Gasteiger charge is -2.32. The van der Waals surface area contributed by atoms with Gasteiger partial charge in [-0.05, 0) is 25.3 Å². The molecule has 0 radical (unpaired) electrons. The van der Waals surface area contributed by atoms with Crippen LogP contribution in [0.1, 0.15) is 35.6 Å². The number of piperidine rings is 1. The summed E-state index contributed by atoms with van der Waals surface area (Å²) in [5.74, 6) is 0.400. The zero-order chi connectivity index (χ0) is 18.1. The predicted octanol–water partition coefficient (Wildman–Crippen LogP) is 2.62. The summed E-state index contributed by atoms with van der Waals surface area (Å²) in [4.78, 5) is 23.6. The van der Waals surface area contributed by atoms with Crippen molar-refractivity contribution < 1.29 is 4.79 Å². The average Bonchev–Trinajstić information content (AvgIpc) is 2.99. The largest absolute Gasteiger partial charge is 0.342 e. The Bertz CT molecular complexity index is 948. The van der Waals surface area contributed by atoms with Crippen molar-refractivity contribution in [2.24, 2.45) is 7.05 Å². The quantitative estimate of drug-likeness (QED) is 0.729. The van der Waals surface area contributed by atoms with Crippen LogP contribution in [0.5, 0.6) is 0 Å². The van der Waals surface area contributed by atoms with E-state index in [9.17, 15) is 4.79 Å². The number of aromatic nitrogens is 4. The number of benzene rings is 1. The highest BCUT2D eigenvalue weighted by molar-refractivity contribution is 5.79. The van der Waals surface area contributed by atoms with Gasteiger partial charge in [-0.3, -0.25) is 4.79 Å². The molecule has 6 nitrogen and oxygen atoms in total. The first-order chi connectivity index (χ1) is 12.6. The molecule has 0 aliphatic carbocycles. The van der Waals surface area contributed by atoms with E-state index in [4.69, 9.17) is 0 Å². The van der Waals surface area contributed by atoms with Crippen LogP contribution in [0.4, 0.5) is 0 Å². The number of rotatable bonds is 3. The average molecular weight is 349 g/mol. The molecule has 1 fully saturated rings. The van der Waals surface area contributed by atoms with Gasteiger partial charge in [0.05, 0.1) is 12.1 Å². The second-order valence-electron chi connectivity index (χ2n) is 7.08. The van der Waals surface area contributed by atoms with Gasteiger partial charge < -0.3 is 4.90 Å². The van der Waals surface area contributed by atoms with Gasteiger partial charge in [-0.2, -0.15) is 5.10 Å². The van der Waals surface area contributed by atoms with Crippen LogP contribution in [0.2, 0.25) is 0 Å². The molecule has 4 rings (SSSR count). The molecule has 1 atom stereocenters. The van der Waals surface area contributed by atoms with Crippen molar-refractivity contribution in [2.75, 3.05) is 13.1 Å². The molecule has 1 unspecified atom stereocenters. The smallest absolute Gasteiger partial charge is 0.227 e. The second kappa shape index (κ2) is 6.86. The number of aryl methyl sites for hydroxylation is 2. The van der Waals surface area contributed by atoms with Gasteiger partial charge in [-0.25, -0.2) is 14.6 Å². The molecular formula is C20H23N5O. The van der Waals surface area contributed by atoms with Crippen molar-refractivity contribution in [2.45, 2.75) is 32.1 Å². The number of amides is 1. The van der Waals surface area contributed by atoms with Crippen molar-refractivity contribution in [3.05, 3.63) is 53.5 Å². The standard InChI is InChI=1S/C20H23N5O/c1-14-5-3-6-15(11-14)12-17(26)25-10-4-7-16(13-25)18-19-20(24(2)23-18)22-9-8-21-19/h3,5-6,8-9,11,16H,4,7,10,12-13H2,1-2H3. The highest BCUT2D eigenvalue weighted by Crippen LogP contribution is 2.30. The van der Waals surface area contributed by atoms with Crippen molar-refractivity contribution in [3.8, 4) is 0 Å². The Morgan fingerprint density at radius 1 is 1.27 bits per heavy atom. The summed E-state index contributed by atoms with van der Waals surface area (Å²) in [5, 5.41) is 4.66. The van der Waals surface area contributed by atoms with E-state index in [0.29, 0.717) is 13.0 Å². The summed E-state index contributed by atoms with van der Waals surface area (Å²) in [5.41, 5.74) is 4.87. The summed E-state index contributed by atoms with van der Waals surface area (Å²) < 4.78 is 1.78. The van der Waals surface area contributed by atoms with Gasteiger partial charge in [0.1, 0.15) is 5.52 Å². The summed E-state index contributed by atoms with van der Waals surface area (Å²) in [7, 11) is 1.89. The van der Waals surface area contributed by atoms with E-state index in [1.165, 1.54) is 5.56 Å². The van der Waals surface area contributed by atoms with E-state index in [1.54, 1.807) is 17.1 Å². The molecular weight excluding hydrogens is 326 g/mol. The first-order valence-corrected chi connectivity index (χ1v) is 9.09. The zero-order valence-corrected chi connectivity index (χ0v) is 15.2. The number of hydrogen-bond donors (Lipinski definition) is 0. The molecule has 134 valence electrons. The number of fused-ring (bicyclic) bond motifs is 1. The SMILES string of the molecule is Cc1cccc(CC(=O)N2CCCC(c3nn(C)c4nccnc34)C2)c1. The Morgan fingerprint density at radius 2 is 2.12 bits per heavy atom. The maximum atomic E-state index is 12.8. The fourth-order valence-electron chi connectivity index (χ4n) is 3.81. The molecule has 1 amide bonds. The molecule has 6 heteroatoms. The van der Waals surface area contributed by atoms with Gasteiger partial charge in [-0.15, -0.1) is 0 Å². The maximum absolute atomic E-state index is 12.8. The Balaban J connectivity index is 1.53. The minimum Gasteiger partial charge on any atom is -0.342 e. The lowest BCUT2D eigenvalue weighted by Crippen LogP contribution is -2.40. The topological polar surface area (TPSA) is 63.9 Å². The van der Waals surface area contributed by atoms with Crippen molar-refractivity contribution >= 4 is 17.1 Å². The molecule has 26 heavy (non-hydrogen) atoms. The van der Waals surface area contributed by atoms with Gasteiger partial charge in [0.25, 0.3) is 0 Å². The first-order valence-electron chi connectivity index (χ1n) is 9.09. The monoisotopic (exact) mass is 349 g/mol. The lowest BCUT2D eigenvalue weighted by molar-refractivity contribution is -0.131. The maximum Gasteiger partial charge on any atom is 0.227 e. The van der Waals surface area contributed by atoms with E-state index < -0.39 is 0 Å². The summed E-state index contributed by atoms with van der Waals surface area (Å²) >= 11 is 0. The molecule has 3 aromatic rings. The minimum atomic E-state index is 0.187. The molecule has 0 saturated carbocycles. The van der Waals surface area contributed by atoms with E-state index >= 15 is 0 Å². The molecule has 0 spiro atoms. The Morgan fingerprint density at radius 3 is 2.96 bits per heavy atom. The second-order valence-corrected chi connectivity index (χ2v) is 7.08. The van der Waals surface area contributed by atoms with Crippen LogP contribution in [0.25, 0.3) is 11.2 Å². The minimum absolute atomic E-state index is 0.187. The zero-order valence-electron chi connectivity index (χ0n) is 15.2. The van der Waals surface area contributed by atoms with Crippen LogP contribution in [0.15, 0.2) is 36.7 Å². The van der Waals surface area contributed by atoms with E-state index in [-0.39, 0.29) is 11.8 Å². The van der Waals surface area contributed by atoms with Gasteiger partial charge in [-0.1, -0.05) is 29.8 Å². The predicted molar refractivity (Wildman–Crippen MR) is 99.7 cm³/mol. The third-order valence-electron chi connectivity index (χ3n) is 5.08. The van der Waals surface area contributed by atoms with E-state index in [0.717, 1.165) is 41.8 Å². The van der Waals surface area contributed by atoms with Gasteiger partial charge >= 0.3 is 0 Å². The fourth-order valence-corrected chi connectivity index (χ4v) is 3.81. The molecule has 1 saturated heterocycles. The highest BCUT2D eigenvalue weighted by Gasteiger charge is 2.28. The Hall–Kier alpha value is -2.76. The summed E-state index contributed by atoms with van der Waals surface area (Å²) in [6, 6.07) is 8.17. The van der Waals surface area contributed by atoms with Gasteiger partial charge in [0.2, 0.25) is 5.91 Å². The van der Waals surface area contributed by atoms with E-state index in [1.807, 2.05) is 24.1 Å².